The van der Waals surface area contributed by atoms with E-state index in [0.717, 1.165) is 49.1 Å². The number of carbonyl (C=O) groups is 2. The van der Waals surface area contributed by atoms with Gasteiger partial charge in [0.15, 0.2) is 22.4 Å². The number of carbonyl (C=O) groups excluding carboxylic acids is 2. The van der Waals surface area contributed by atoms with E-state index < -0.39 is 28.7 Å². The van der Waals surface area contributed by atoms with Crippen molar-refractivity contribution in [2.24, 2.45) is 11.8 Å². The van der Waals surface area contributed by atoms with E-state index in [9.17, 15) is 9.59 Å². The number of hydrogen-bond donors (Lipinski definition) is 0. The molecule has 1 saturated heterocycles. The summed E-state index contributed by atoms with van der Waals surface area (Å²) in [6, 6.07) is 6.54. The minimum Gasteiger partial charge on any atom is -0.461 e. The first-order valence-electron chi connectivity index (χ1n) is 15.3. The van der Waals surface area contributed by atoms with Crippen LogP contribution in [0.15, 0.2) is 36.5 Å². The van der Waals surface area contributed by atoms with E-state index in [0.29, 0.717) is 18.8 Å². The maximum atomic E-state index is 13.0. The molecule has 1 unspecified atom stereocenters. The third-order valence-corrected chi connectivity index (χ3v) is 18.5. The van der Waals surface area contributed by atoms with Gasteiger partial charge >= 0.3 is 5.97 Å². The van der Waals surface area contributed by atoms with Gasteiger partial charge in [-0.05, 0) is 61.4 Å². The molecule has 2 bridgehead atoms. The minimum absolute atomic E-state index is 0.0000345. The Kier molecular flexibility index (Phi) is 13.9. The van der Waals surface area contributed by atoms with Crippen molar-refractivity contribution in [2.45, 2.75) is 135 Å². The standard InChI is InChI=1S/C31H54O5Si2/c1-8-37(9-2,10-3)35-26-20-15-14-16-22-30(36-38(11-4,12-5)13-6)25(7)19-17-18-21-28-29(32)24-27(23-26)34-31(28)33/h14-18,22,25-28,30H,8-13,19-21,23-24H2,1-7H3/b15-14+,18-17+,22-16-/t25-,26-,27+,28?,30+/m0/s1. The van der Waals surface area contributed by atoms with Crippen LogP contribution in [-0.2, 0) is 23.2 Å². The molecule has 2 aliphatic heterocycles. The normalized spacial score (nSPS) is 30.4. The summed E-state index contributed by atoms with van der Waals surface area (Å²) in [6.45, 7) is 15.7. The summed E-state index contributed by atoms with van der Waals surface area (Å²) in [5.74, 6) is -0.765. The molecule has 0 aromatic carbocycles. The number of esters is 1. The fourth-order valence-corrected chi connectivity index (χ4v) is 11.6. The lowest BCUT2D eigenvalue weighted by Gasteiger charge is -2.35. The van der Waals surface area contributed by atoms with Gasteiger partial charge in [0, 0.05) is 12.8 Å². The molecule has 0 aromatic rings. The first-order valence-corrected chi connectivity index (χ1v) is 20.3. The van der Waals surface area contributed by atoms with Crippen molar-refractivity contribution in [3.05, 3.63) is 36.5 Å². The van der Waals surface area contributed by atoms with Gasteiger partial charge in [0.1, 0.15) is 12.0 Å². The van der Waals surface area contributed by atoms with Crippen LogP contribution < -0.4 is 0 Å². The summed E-state index contributed by atoms with van der Waals surface area (Å²) in [4.78, 5) is 25.8. The topological polar surface area (TPSA) is 61.8 Å². The van der Waals surface area contributed by atoms with Crippen molar-refractivity contribution in [2.75, 3.05) is 0 Å². The molecule has 2 heterocycles. The van der Waals surface area contributed by atoms with Crippen LogP contribution in [0, 0.1) is 11.8 Å². The molecule has 0 saturated carbocycles. The molecule has 5 nitrogen and oxygen atoms in total. The summed E-state index contributed by atoms with van der Waals surface area (Å²) in [5, 5.41) is 0. The zero-order valence-electron chi connectivity index (χ0n) is 25.2. The number of allylic oxidation sites excluding steroid dienone is 4. The molecule has 0 amide bonds. The Bertz CT molecular complexity index is 794. The lowest BCUT2D eigenvalue weighted by molar-refractivity contribution is -0.165. The Hall–Kier alpha value is -1.29. The highest BCUT2D eigenvalue weighted by atomic mass is 28.4. The van der Waals surface area contributed by atoms with E-state index in [4.69, 9.17) is 13.6 Å². The van der Waals surface area contributed by atoms with Crippen LogP contribution in [-0.4, -0.2) is 46.7 Å². The van der Waals surface area contributed by atoms with Gasteiger partial charge in [-0.2, -0.15) is 0 Å². The summed E-state index contributed by atoms with van der Waals surface area (Å²) >= 11 is 0. The van der Waals surface area contributed by atoms with E-state index >= 15 is 0 Å². The quantitative estimate of drug-likeness (QED) is 0.116. The Morgan fingerprint density at radius 1 is 0.789 bits per heavy atom. The fourth-order valence-electron chi connectivity index (χ4n) is 5.78. The monoisotopic (exact) mass is 562 g/mol. The second-order valence-electron chi connectivity index (χ2n) is 11.3. The number of ketones is 1. The molecule has 216 valence electrons. The lowest BCUT2D eigenvalue weighted by atomic mass is 9.90. The number of rotatable bonds is 10. The second-order valence-corrected chi connectivity index (χ2v) is 20.7. The third-order valence-electron chi connectivity index (χ3n) is 9.13. The predicted molar refractivity (Wildman–Crippen MR) is 162 cm³/mol. The van der Waals surface area contributed by atoms with Crippen LogP contribution in [0.3, 0.4) is 0 Å². The highest BCUT2D eigenvalue weighted by molar-refractivity contribution is 6.74. The largest absolute Gasteiger partial charge is 0.461 e. The first kappa shape index (κ1) is 32.9. The maximum Gasteiger partial charge on any atom is 0.317 e. The van der Waals surface area contributed by atoms with Gasteiger partial charge in [-0.15, -0.1) is 0 Å². The summed E-state index contributed by atoms with van der Waals surface area (Å²) in [6.07, 6.45) is 15.2. The summed E-state index contributed by atoms with van der Waals surface area (Å²) in [5.41, 5.74) is 0. The Morgan fingerprint density at radius 3 is 1.95 bits per heavy atom. The van der Waals surface area contributed by atoms with Gasteiger partial charge in [-0.1, -0.05) is 84.9 Å². The highest BCUT2D eigenvalue weighted by Crippen LogP contribution is 2.31. The van der Waals surface area contributed by atoms with Crippen LogP contribution in [0.25, 0.3) is 0 Å². The molecule has 5 atom stereocenters. The molecular weight excluding hydrogens is 509 g/mol. The van der Waals surface area contributed by atoms with Gasteiger partial charge in [0.05, 0.1) is 12.2 Å². The lowest BCUT2D eigenvalue weighted by Crippen LogP contribution is -2.43. The molecule has 0 N–H and O–H groups in total. The first-order chi connectivity index (χ1) is 18.2. The zero-order valence-corrected chi connectivity index (χ0v) is 27.2. The molecule has 1 fully saturated rings. The van der Waals surface area contributed by atoms with Gasteiger partial charge in [0.2, 0.25) is 0 Å². The van der Waals surface area contributed by atoms with E-state index in [1.165, 1.54) is 0 Å². The number of Topliss-reactive ketones (excluding diaryl/α,β-unsaturated/α-hetero) is 1. The summed E-state index contributed by atoms with van der Waals surface area (Å²) < 4.78 is 19.6. The molecule has 1 aliphatic carbocycles. The van der Waals surface area contributed by atoms with E-state index in [2.05, 4.69) is 78.8 Å². The zero-order chi connectivity index (χ0) is 28.2. The van der Waals surface area contributed by atoms with E-state index in [1.54, 1.807) is 0 Å². The van der Waals surface area contributed by atoms with Crippen molar-refractivity contribution in [1.82, 2.24) is 0 Å². The van der Waals surface area contributed by atoms with Gasteiger partial charge < -0.3 is 13.6 Å². The Morgan fingerprint density at radius 2 is 1.37 bits per heavy atom. The van der Waals surface area contributed by atoms with Crippen LogP contribution >= 0.6 is 0 Å². The smallest absolute Gasteiger partial charge is 0.317 e. The molecule has 38 heavy (non-hydrogen) atoms. The van der Waals surface area contributed by atoms with Crippen LogP contribution in [0.4, 0.5) is 0 Å². The molecule has 3 rings (SSSR count). The highest BCUT2D eigenvalue weighted by Gasteiger charge is 2.39. The molecular formula is C31H54O5Si2. The number of ether oxygens (including phenoxy) is 1. The fraction of sp³-hybridized carbons (Fsp3) is 0.742. The van der Waals surface area contributed by atoms with Crippen molar-refractivity contribution < 1.29 is 23.2 Å². The van der Waals surface area contributed by atoms with Crippen LogP contribution in [0.5, 0.6) is 0 Å². The van der Waals surface area contributed by atoms with Crippen LogP contribution in [0.2, 0.25) is 36.3 Å². The SMILES string of the molecule is CC[Si](CC)(CC)O[C@H]1C/C=C/C=C\[C@@H](O[Si](CC)(CC)CC)[C@@H](C)C/C=C/CC2C(=O)C[C@@H](C1)OC2=O. The van der Waals surface area contributed by atoms with Crippen molar-refractivity contribution >= 4 is 28.4 Å². The average molecular weight is 563 g/mol. The van der Waals surface area contributed by atoms with E-state index in [1.807, 2.05) is 6.08 Å². The average Bonchev–Trinajstić information content (AvgIpc) is 2.92. The molecule has 0 aromatic heterocycles. The molecule has 0 radical (unpaired) electrons. The molecule has 3 aliphatic rings. The number of fused-ring (bicyclic) bond motifs is 11. The maximum absolute atomic E-state index is 13.0. The molecule has 7 heteroatoms. The third kappa shape index (κ3) is 9.14. The van der Waals surface area contributed by atoms with Crippen molar-refractivity contribution in [1.29, 1.82) is 0 Å². The predicted octanol–water partition coefficient (Wildman–Crippen LogP) is 8.15. The van der Waals surface area contributed by atoms with Gasteiger partial charge in [-0.25, -0.2) is 0 Å². The van der Waals surface area contributed by atoms with Crippen molar-refractivity contribution in [3.8, 4) is 0 Å². The minimum atomic E-state index is -1.86. The Balaban J connectivity index is 2.35. The second kappa shape index (κ2) is 16.1. The Labute approximate surface area is 234 Å². The van der Waals surface area contributed by atoms with Gasteiger partial charge in [-0.3, -0.25) is 9.59 Å². The van der Waals surface area contributed by atoms with Crippen LogP contribution in [0.1, 0.15) is 80.6 Å². The number of hydrogen-bond acceptors (Lipinski definition) is 5. The van der Waals surface area contributed by atoms with Crippen molar-refractivity contribution in [3.63, 3.8) is 0 Å². The summed E-state index contributed by atoms with van der Waals surface area (Å²) in [7, 11) is -3.64. The van der Waals surface area contributed by atoms with Gasteiger partial charge in [0.25, 0.3) is 0 Å². The van der Waals surface area contributed by atoms with E-state index in [-0.39, 0.29) is 30.4 Å². The molecule has 0 spiro atoms.